The highest BCUT2D eigenvalue weighted by Gasteiger charge is 2.17. The quantitative estimate of drug-likeness (QED) is 0.802. The van der Waals surface area contributed by atoms with Crippen molar-refractivity contribution >= 4 is 17.7 Å². The molecule has 2 aromatic rings. The maximum Gasteiger partial charge on any atom is 0.321 e. The van der Waals surface area contributed by atoms with Crippen LogP contribution in [0.15, 0.2) is 18.2 Å². The fourth-order valence-electron chi connectivity index (χ4n) is 3.10. The average Bonchev–Trinajstić information content (AvgIpc) is 3.20. The summed E-state index contributed by atoms with van der Waals surface area (Å²) in [5.41, 5.74) is 0.601. The van der Waals surface area contributed by atoms with Crippen LogP contribution in [0.4, 0.5) is 16.4 Å². The molecular formula is C18H22N6O4. The van der Waals surface area contributed by atoms with E-state index in [0.29, 0.717) is 29.0 Å². The van der Waals surface area contributed by atoms with E-state index in [1.807, 2.05) is 0 Å². The molecule has 2 aliphatic rings. The number of carbonyl (C=O) groups is 1. The Balaban J connectivity index is 1.38. The molecule has 0 bridgehead atoms. The number of methoxy groups -OCH3 is 1. The number of ether oxygens (including phenoxy) is 3. The third kappa shape index (κ3) is 4.16. The van der Waals surface area contributed by atoms with Gasteiger partial charge in [-0.1, -0.05) is 0 Å². The molecule has 0 aliphatic carbocycles. The van der Waals surface area contributed by atoms with Crippen LogP contribution in [0.3, 0.4) is 0 Å². The largest absolute Gasteiger partial charge is 0.467 e. The van der Waals surface area contributed by atoms with E-state index in [0.717, 1.165) is 25.9 Å². The highest BCUT2D eigenvalue weighted by atomic mass is 16.7. The van der Waals surface area contributed by atoms with Crippen LogP contribution >= 0.6 is 0 Å². The Bertz CT molecular complexity index is 856. The van der Waals surface area contributed by atoms with E-state index in [-0.39, 0.29) is 25.4 Å². The lowest BCUT2D eigenvalue weighted by Gasteiger charge is -2.26. The third-order valence-corrected chi connectivity index (χ3v) is 4.51. The van der Waals surface area contributed by atoms with Crippen LogP contribution in [0.2, 0.25) is 0 Å². The molecule has 148 valence electrons. The number of nitrogens with zero attached hydrogens (tertiary/aromatic N) is 4. The summed E-state index contributed by atoms with van der Waals surface area (Å²) in [4.78, 5) is 27.4. The van der Waals surface area contributed by atoms with Gasteiger partial charge in [-0.15, -0.1) is 0 Å². The lowest BCUT2D eigenvalue weighted by atomic mass is 10.1. The minimum absolute atomic E-state index is 0.149. The number of amides is 2. The van der Waals surface area contributed by atoms with E-state index >= 15 is 0 Å². The summed E-state index contributed by atoms with van der Waals surface area (Å²) in [6.07, 6.45) is 3.44. The molecule has 0 unspecified atom stereocenters. The van der Waals surface area contributed by atoms with Crippen molar-refractivity contribution in [2.24, 2.45) is 0 Å². The summed E-state index contributed by atoms with van der Waals surface area (Å²) in [5, 5.41) is 5.50. The monoisotopic (exact) mass is 386 g/mol. The van der Waals surface area contributed by atoms with Gasteiger partial charge in [-0.2, -0.15) is 15.0 Å². The first kappa shape index (κ1) is 18.1. The van der Waals surface area contributed by atoms with Crippen molar-refractivity contribution in [2.45, 2.75) is 25.8 Å². The van der Waals surface area contributed by atoms with Crippen LogP contribution in [-0.4, -0.2) is 48.0 Å². The van der Waals surface area contributed by atoms with Crippen LogP contribution < -0.4 is 29.7 Å². The van der Waals surface area contributed by atoms with Crippen molar-refractivity contribution in [1.29, 1.82) is 0 Å². The maximum atomic E-state index is 12.2. The molecule has 0 atom stereocenters. The number of hydrogen-bond donors (Lipinski definition) is 2. The van der Waals surface area contributed by atoms with Gasteiger partial charge in [0.2, 0.25) is 12.7 Å². The van der Waals surface area contributed by atoms with Gasteiger partial charge in [0.1, 0.15) is 0 Å². The van der Waals surface area contributed by atoms with Crippen molar-refractivity contribution in [2.75, 3.05) is 37.2 Å². The van der Waals surface area contributed by atoms with E-state index in [2.05, 4.69) is 30.5 Å². The van der Waals surface area contributed by atoms with E-state index in [4.69, 9.17) is 14.2 Å². The molecular weight excluding hydrogens is 364 g/mol. The number of benzene rings is 1. The van der Waals surface area contributed by atoms with Crippen LogP contribution in [0.1, 0.15) is 25.1 Å². The highest BCUT2D eigenvalue weighted by molar-refractivity contribution is 5.89. The van der Waals surface area contributed by atoms with E-state index in [9.17, 15) is 4.79 Å². The second-order valence-corrected chi connectivity index (χ2v) is 6.46. The number of urea groups is 1. The predicted molar refractivity (Wildman–Crippen MR) is 101 cm³/mol. The zero-order valence-electron chi connectivity index (χ0n) is 15.6. The topological polar surface area (TPSA) is 111 Å². The molecule has 1 aromatic heterocycles. The number of anilines is 2. The fraction of sp³-hybridized carbons (Fsp3) is 0.444. The first-order chi connectivity index (χ1) is 13.7. The van der Waals surface area contributed by atoms with Crippen molar-refractivity contribution in [1.82, 2.24) is 20.3 Å². The van der Waals surface area contributed by atoms with Crippen molar-refractivity contribution in [3.8, 4) is 17.5 Å². The summed E-state index contributed by atoms with van der Waals surface area (Å²) < 4.78 is 15.8. The Kier molecular flexibility index (Phi) is 5.27. The summed E-state index contributed by atoms with van der Waals surface area (Å²) in [7, 11) is 1.51. The lowest BCUT2D eigenvalue weighted by Crippen LogP contribution is -2.32. The van der Waals surface area contributed by atoms with Gasteiger partial charge in [-0.05, 0) is 31.4 Å². The summed E-state index contributed by atoms with van der Waals surface area (Å²) in [5.74, 6) is 2.28. The smallest absolute Gasteiger partial charge is 0.321 e. The molecule has 2 N–H and O–H groups in total. The standard InChI is InChI=1S/C18H22N6O4/c1-26-18-22-15(21-16(23-18)24-7-3-2-4-8-24)10-19-17(25)20-12-5-6-13-14(9-12)28-11-27-13/h5-6,9H,2-4,7-8,10-11H2,1H3,(H2,19,20,25). The van der Waals surface area contributed by atoms with Crippen LogP contribution in [0, 0.1) is 0 Å². The molecule has 1 fully saturated rings. The van der Waals surface area contributed by atoms with E-state index < -0.39 is 0 Å². The number of rotatable bonds is 5. The van der Waals surface area contributed by atoms with Gasteiger partial charge < -0.3 is 29.7 Å². The Hall–Kier alpha value is -3.30. The summed E-state index contributed by atoms with van der Waals surface area (Å²) in [6.45, 7) is 2.15. The third-order valence-electron chi connectivity index (χ3n) is 4.51. The Morgan fingerprint density at radius 2 is 1.96 bits per heavy atom. The molecule has 28 heavy (non-hydrogen) atoms. The molecule has 1 aromatic carbocycles. The molecule has 4 rings (SSSR count). The average molecular weight is 386 g/mol. The Morgan fingerprint density at radius 3 is 2.79 bits per heavy atom. The van der Waals surface area contributed by atoms with Crippen molar-refractivity contribution < 1.29 is 19.0 Å². The molecule has 0 radical (unpaired) electrons. The zero-order chi connectivity index (χ0) is 19.3. The first-order valence-electron chi connectivity index (χ1n) is 9.19. The number of hydrogen-bond acceptors (Lipinski definition) is 8. The molecule has 0 saturated carbocycles. The van der Waals surface area contributed by atoms with Gasteiger partial charge in [0.15, 0.2) is 17.3 Å². The minimum Gasteiger partial charge on any atom is -0.467 e. The number of piperidine rings is 1. The normalized spacial score (nSPS) is 15.2. The fourth-order valence-corrected chi connectivity index (χ4v) is 3.10. The molecule has 0 spiro atoms. The van der Waals surface area contributed by atoms with Crippen LogP contribution in [0.25, 0.3) is 0 Å². The maximum absolute atomic E-state index is 12.2. The second-order valence-electron chi connectivity index (χ2n) is 6.46. The number of carbonyl (C=O) groups excluding carboxylic acids is 1. The molecule has 2 aliphatic heterocycles. The zero-order valence-corrected chi connectivity index (χ0v) is 15.6. The van der Waals surface area contributed by atoms with E-state index in [1.54, 1.807) is 18.2 Å². The molecule has 10 heteroatoms. The SMILES string of the molecule is COc1nc(CNC(=O)Nc2ccc3c(c2)OCO3)nc(N2CCCCC2)n1. The lowest BCUT2D eigenvalue weighted by molar-refractivity contribution is 0.174. The van der Waals surface area contributed by atoms with Gasteiger partial charge in [0, 0.05) is 24.8 Å². The van der Waals surface area contributed by atoms with Crippen LogP contribution in [-0.2, 0) is 6.54 Å². The van der Waals surface area contributed by atoms with Gasteiger partial charge in [0.05, 0.1) is 13.7 Å². The number of fused-ring (bicyclic) bond motifs is 1. The first-order valence-corrected chi connectivity index (χ1v) is 9.19. The summed E-state index contributed by atoms with van der Waals surface area (Å²) in [6, 6.07) is 5.07. The molecule has 10 nitrogen and oxygen atoms in total. The number of nitrogens with one attached hydrogen (secondary N) is 2. The Morgan fingerprint density at radius 1 is 1.14 bits per heavy atom. The van der Waals surface area contributed by atoms with Gasteiger partial charge >= 0.3 is 12.0 Å². The number of aromatic nitrogens is 3. The van der Waals surface area contributed by atoms with Crippen molar-refractivity contribution in [3.05, 3.63) is 24.0 Å². The Labute approximate surface area is 162 Å². The summed E-state index contributed by atoms with van der Waals surface area (Å²) >= 11 is 0. The van der Waals surface area contributed by atoms with Gasteiger partial charge in [-0.25, -0.2) is 4.79 Å². The minimum atomic E-state index is -0.377. The van der Waals surface area contributed by atoms with E-state index in [1.165, 1.54) is 13.5 Å². The van der Waals surface area contributed by atoms with Gasteiger partial charge in [0.25, 0.3) is 0 Å². The molecule has 3 heterocycles. The highest BCUT2D eigenvalue weighted by Crippen LogP contribution is 2.34. The van der Waals surface area contributed by atoms with Crippen LogP contribution in [0.5, 0.6) is 17.5 Å². The van der Waals surface area contributed by atoms with Crippen molar-refractivity contribution in [3.63, 3.8) is 0 Å². The predicted octanol–water partition coefficient (Wildman–Crippen LogP) is 1.92. The van der Waals surface area contributed by atoms with Gasteiger partial charge in [-0.3, -0.25) is 0 Å². The second kappa shape index (κ2) is 8.15. The molecule has 1 saturated heterocycles. The molecule has 2 amide bonds.